The van der Waals surface area contributed by atoms with Crippen LogP contribution in [0, 0.1) is 0 Å². The van der Waals surface area contributed by atoms with Crippen LogP contribution in [0.1, 0.15) is 23.2 Å². The Labute approximate surface area is 163 Å². The summed E-state index contributed by atoms with van der Waals surface area (Å²) in [6.07, 6.45) is 0.667. The molecular weight excluding hydrogens is 382 g/mol. The molecule has 9 heteroatoms. The standard InChI is InChI=1S/C19H21N3O5S/c20-18(23)10-12-27-17-5-2-1-4-16(17)21-19(24)14-6-8-15(9-7-14)22-11-3-13-28(22,25)26/h1-2,4-9H,3,10-13H2,(H2,20,23)(H,21,24). The Morgan fingerprint density at radius 1 is 1.11 bits per heavy atom. The lowest BCUT2D eigenvalue weighted by Crippen LogP contribution is -2.25. The summed E-state index contributed by atoms with van der Waals surface area (Å²) in [6, 6.07) is 13.3. The van der Waals surface area contributed by atoms with Crippen LogP contribution in [-0.4, -0.2) is 39.1 Å². The van der Waals surface area contributed by atoms with Crippen LogP contribution in [-0.2, 0) is 14.8 Å². The van der Waals surface area contributed by atoms with Gasteiger partial charge in [0.1, 0.15) is 5.75 Å². The van der Waals surface area contributed by atoms with Gasteiger partial charge in [0.25, 0.3) is 5.91 Å². The fourth-order valence-electron chi connectivity index (χ4n) is 2.86. The van der Waals surface area contributed by atoms with Gasteiger partial charge in [-0.25, -0.2) is 8.42 Å². The second kappa shape index (κ2) is 8.30. The van der Waals surface area contributed by atoms with Crippen LogP contribution >= 0.6 is 0 Å². The average Bonchev–Trinajstić information content (AvgIpc) is 3.02. The number of hydrogen-bond donors (Lipinski definition) is 2. The van der Waals surface area contributed by atoms with E-state index < -0.39 is 15.9 Å². The zero-order valence-corrected chi connectivity index (χ0v) is 15.9. The summed E-state index contributed by atoms with van der Waals surface area (Å²) in [4.78, 5) is 23.4. The zero-order chi connectivity index (χ0) is 20.1. The van der Waals surface area contributed by atoms with Crippen LogP contribution in [0.4, 0.5) is 11.4 Å². The van der Waals surface area contributed by atoms with E-state index in [1.807, 2.05) is 0 Å². The molecule has 1 aliphatic rings. The first kappa shape index (κ1) is 19.7. The Morgan fingerprint density at radius 3 is 2.46 bits per heavy atom. The highest BCUT2D eigenvalue weighted by Gasteiger charge is 2.28. The van der Waals surface area contributed by atoms with Gasteiger partial charge in [-0.05, 0) is 42.8 Å². The van der Waals surface area contributed by atoms with Crippen LogP contribution < -0.4 is 20.1 Å². The number of anilines is 2. The van der Waals surface area contributed by atoms with Gasteiger partial charge in [0.05, 0.1) is 30.2 Å². The summed E-state index contributed by atoms with van der Waals surface area (Å²) in [5.74, 6) is -0.262. The minimum Gasteiger partial charge on any atom is -0.491 e. The van der Waals surface area contributed by atoms with Crippen molar-refractivity contribution in [1.29, 1.82) is 0 Å². The van der Waals surface area contributed by atoms with Gasteiger partial charge in [-0.15, -0.1) is 0 Å². The molecular formula is C19H21N3O5S. The van der Waals surface area contributed by atoms with E-state index in [-0.39, 0.29) is 24.7 Å². The second-order valence-electron chi connectivity index (χ2n) is 6.30. The Bertz CT molecular complexity index is 973. The van der Waals surface area contributed by atoms with E-state index in [9.17, 15) is 18.0 Å². The predicted molar refractivity (Wildman–Crippen MR) is 106 cm³/mol. The fourth-order valence-corrected chi connectivity index (χ4v) is 4.42. The van der Waals surface area contributed by atoms with Gasteiger partial charge in [0, 0.05) is 12.1 Å². The van der Waals surface area contributed by atoms with Crippen molar-refractivity contribution in [3.8, 4) is 5.75 Å². The summed E-state index contributed by atoms with van der Waals surface area (Å²) in [7, 11) is -3.26. The van der Waals surface area contributed by atoms with Crippen molar-refractivity contribution in [1.82, 2.24) is 0 Å². The maximum Gasteiger partial charge on any atom is 0.255 e. The second-order valence-corrected chi connectivity index (χ2v) is 8.32. The summed E-state index contributed by atoms with van der Waals surface area (Å²) < 4.78 is 30.8. The fraction of sp³-hybridized carbons (Fsp3) is 0.263. The van der Waals surface area contributed by atoms with E-state index in [1.165, 1.54) is 4.31 Å². The molecule has 1 aliphatic heterocycles. The zero-order valence-electron chi connectivity index (χ0n) is 15.1. The van der Waals surface area contributed by atoms with Crippen LogP contribution in [0.2, 0.25) is 0 Å². The molecule has 0 bridgehead atoms. The molecule has 0 saturated carbocycles. The van der Waals surface area contributed by atoms with Gasteiger partial charge in [0.2, 0.25) is 15.9 Å². The molecule has 0 aromatic heterocycles. The van der Waals surface area contributed by atoms with Gasteiger partial charge in [-0.3, -0.25) is 13.9 Å². The van der Waals surface area contributed by atoms with Gasteiger partial charge < -0.3 is 15.8 Å². The van der Waals surface area contributed by atoms with Gasteiger partial charge in [-0.2, -0.15) is 0 Å². The first-order valence-electron chi connectivity index (χ1n) is 8.79. The molecule has 0 atom stereocenters. The SMILES string of the molecule is NC(=O)CCOc1ccccc1NC(=O)c1ccc(N2CCCS2(=O)=O)cc1. The quantitative estimate of drug-likeness (QED) is 0.730. The molecule has 2 aromatic rings. The van der Waals surface area contributed by atoms with E-state index >= 15 is 0 Å². The molecule has 8 nitrogen and oxygen atoms in total. The van der Waals surface area contributed by atoms with Crippen molar-refractivity contribution < 1.29 is 22.7 Å². The van der Waals surface area contributed by atoms with E-state index in [2.05, 4.69) is 5.32 Å². The third-order valence-corrected chi connectivity index (χ3v) is 6.13. The van der Waals surface area contributed by atoms with Crippen molar-refractivity contribution >= 4 is 33.2 Å². The maximum atomic E-state index is 12.5. The lowest BCUT2D eigenvalue weighted by Gasteiger charge is -2.17. The molecule has 148 valence electrons. The van der Waals surface area contributed by atoms with Crippen molar-refractivity contribution in [2.75, 3.05) is 28.5 Å². The minimum atomic E-state index is -3.26. The van der Waals surface area contributed by atoms with E-state index in [4.69, 9.17) is 10.5 Å². The smallest absolute Gasteiger partial charge is 0.255 e. The van der Waals surface area contributed by atoms with Crippen LogP contribution in [0.5, 0.6) is 5.75 Å². The molecule has 1 heterocycles. The number of rotatable bonds is 7. The lowest BCUT2D eigenvalue weighted by molar-refractivity contribution is -0.118. The van der Waals surface area contributed by atoms with Gasteiger partial charge >= 0.3 is 0 Å². The lowest BCUT2D eigenvalue weighted by atomic mass is 10.2. The molecule has 0 radical (unpaired) electrons. The molecule has 2 amide bonds. The van der Waals surface area contributed by atoms with Crippen LogP contribution in [0.25, 0.3) is 0 Å². The maximum absolute atomic E-state index is 12.5. The monoisotopic (exact) mass is 403 g/mol. The van der Waals surface area contributed by atoms with Crippen molar-refractivity contribution in [2.24, 2.45) is 5.73 Å². The summed E-state index contributed by atoms with van der Waals surface area (Å²) >= 11 is 0. The molecule has 3 N–H and O–H groups in total. The Kier molecular flexibility index (Phi) is 5.84. The number of primary amides is 1. The molecule has 2 aromatic carbocycles. The molecule has 0 spiro atoms. The normalized spacial score (nSPS) is 15.2. The van der Waals surface area contributed by atoms with Crippen molar-refractivity contribution in [3.63, 3.8) is 0 Å². The number of nitrogens with zero attached hydrogens (tertiary/aromatic N) is 1. The molecule has 0 aliphatic carbocycles. The first-order valence-corrected chi connectivity index (χ1v) is 10.4. The molecule has 1 saturated heterocycles. The number of sulfonamides is 1. The highest BCUT2D eigenvalue weighted by molar-refractivity contribution is 7.93. The molecule has 28 heavy (non-hydrogen) atoms. The Balaban J connectivity index is 1.69. The summed E-state index contributed by atoms with van der Waals surface area (Å²) in [5.41, 5.74) is 6.48. The summed E-state index contributed by atoms with van der Waals surface area (Å²) in [6.45, 7) is 0.561. The topological polar surface area (TPSA) is 119 Å². The first-order chi connectivity index (χ1) is 13.4. The van der Waals surface area contributed by atoms with E-state index in [0.717, 1.165) is 0 Å². The summed E-state index contributed by atoms with van der Waals surface area (Å²) in [5, 5.41) is 2.76. The number of nitrogens with one attached hydrogen (secondary N) is 1. The largest absolute Gasteiger partial charge is 0.491 e. The Hall–Kier alpha value is -3.07. The highest BCUT2D eigenvalue weighted by atomic mass is 32.2. The van der Waals surface area contributed by atoms with Gasteiger partial charge in [0.15, 0.2) is 0 Å². The van der Waals surface area contributed by atoms with E-state index in [0.29, 0.717) is 35.7 Å². The van der Waals surface area contributed by atoms with Crippen molar-refractivity contribution in [2.45, 2.75) is 12.8 Å². The number of carbonyl (C=O) groups is 2. The third kappa shape index (κ3) is 4.61. The van der Waals surface area contributed by atoms with Crippen LogP contribution in [0.15, 0.2) is 48.5 Å². The average molecular weight is 403 g/mol. The number of nitrogens with two attached hydrogens (primary N) is 1. The number of hydrogen-bond acceptors (Lipinski definition) is 5. The highest BCUT2D eigenvalue weighted by Crippen LogP contribution is 2.26. The number of benzene rings is 2. The molecule has 0 unspecified atom stereocenters. The third-order valence-electron chi connectivity index (χ3n) is 4.26. The number of para-hydroxylation sites is 2. The van der Waals surface area contributed by atoms with E-state index in [1.54, 1.807) is 48.5 Å². The number of amides is 2. The van der Waals surface area contributed by atoms with Crippen LogP contribution in [0.3, 0.4) is 0 Å². The molecule has 1 fully saturated rings. The predicted octanol–water partition coefficient (Wildman–Crippen LogP) is 1.73. The number of carbonyl (C=O) groups excluding carboxylic acids is 2. The number of ether oxygens (including phenoxy) is 1. The van der Waals surface area contributed by atoms with Crippen molar-refractivity contribution in [3.05, 3.63) is 54.1 Å². The minimum absolute atomic E-state index is 0.0726. The Morgan fingerprint density at radius 2 is 1.82 bits per heavy atom. The molecule has 3 rings (SSSR count). The van der Waals surface area contributed by atoms with Gasteiger partial charge in [-0.1, -0.05) is 12.1 Å².